The van der Waals surface area contributed by atoms with Crippen LogP contribution in [0.15, 0.2) is 53.4 Å². The molecule has 0 saturated carbocycles. The zero-order valence-corrected chi connectivity index (χ0v) is 27.9. The number of methoxy groups -OCH3 is 1. The van der Waals surface area contributed by atoms with Gasteiger partial charge in [0.1, 0.15) is 17.7 Å². The predicted molar refractivity (Wildman–Crippen MR) is 172 cm³/mol. The molecule has 2 aliphatic rings. The smallest absolute Gasteiger partial charge is 0.421 e. The quantitative estimate of drug-likeness (QED) is 0.387. The lowest BCUT2D eigenvalue weighted by Gasteiger charge is -2.31. The minimum absolute atomic E-state index is 0.0400. The molecule has 2 aliphatic heterocycles. The largest absolute Gasteiger partial charge is 0.467 e. The number of ether oxygens (including phenoxy) is 2. The number of nitrogens with zero attached hydrogens (tertiary/aromatic N) is 2. The number of hydrogen-bond acceptors (Lipinski definition) is 9. The minimum Gasteiger partial charge on any atom is -0.467 e. The molecule has 3 amide bonds. The fraction of sp³-hybridized carbons (Fsp3) is 0.515. The van der Waals surface area contributed by atoms with E-state index >= 15 is 0 Å². The third kappa shape index (κ3) is 8.51. The fourth-order valence-electron chi connectivity index (χ4n) is 5.65. The summed E-state index contributed by atoms with van der Waals surface area (Å²) >= 11 is 0. The van der Waals surface area contributed by atoms with Gasteiger partial charge in [0.05, 0.1) is 23.7 Å². The number of nitrogens with one attached hydrogen (secondary N) is 2. The maximum atomic E-state index is 13.6. The number of carbonyl (C=O) groups excluding carboxylic acids is 4. The summed E-state index contributed by atoms with van der Waals surface area (Å²) in [4.78, 5) is 54.4. The van der Waals surface area contributed by atoms with Crippen molar-refractivity contribution in [2.75, 3.05) is 25.1 Å². The molecule has 4 rings (SSSR count). The first-order chi connectivity index (χ1) is 21.7. The highest BCUT2D eigenvalue weighted by atomic mass is 32.2. The summed E-state index contributed by atoms with van der Waals surface area (Å²) in [5, 5.41) is 5.87. The van der Waals surface area contributed by atoms with Gasteiger partial charge >= 0.3 is 12.1 Å². The lowest BCUT2D eigenvalue weighted by molar-refractivity contribution is -0.145. The van der Waals surface area contributed by atoms with Crippen LogP contribution in [0.2, 0.25) is 0 Å². The van der Waals surface area contributed by atoms with Crippen LogP contribution >= 0.6 is 0 Å². The van der Waals surface area contributed by atoms with Crippen LogP contribution < -0.4 is 15.5 Å². The summed E-state index contributed by atoms with van der Waals surface area (Å²) in [6, 6.07) is 10.2. The van der Waals surface area contributed by atoms with Crippen molar-refractivity contribution in [3.8, 4) is 0 Å². The van der Waals surface area contributed by atoms with Crippen molar-refractivity contribution in [2.24, 2.45) is 0 Å². The summed E-state index contributed by atoms with van der Waals surface area (Å²) in [7, 11) is -2.76. The zero-order valence-electron chi connectivity index (χ0n) is 27.1. The summed E-state index contributed by atoms with van der Waals surface area (Å²) in [5.74, 6) is -1.79. The van der Waals surface area contributed by atoms with E-state index in [4.69, 9.17) is 9.47 Å². The SMILES string of the molecule is COC(=O)[C@H](Cc1cccc(N(C(=O)OC(C)(C)C)C(=O)C2CCCCN2)c1)NC(=O)[C@@H]1CCCN1S(=O)(=O)c1ccc(C)cc1. The number of piperidine rings is 1. The molecular formula is C33H44N4O8S. The van der Waals surface area contributed by atoms with Crippen molar-refractivity contribution in [3.05, 3.63) is 59.7 Å². The molecule has 0 spiro atoms. The number of carbonyl (C=O) groups is 4. The summed E-state index contributed by atoms with van der Waals surface area (Å²) in [5.41, 5.74) is 0.838. The van der Waals surface area contributed by atoms with Crippen LogP contribution in [0.25, 0.3) is 0 Å². The Morgan fingerprint density at radius 3 is 2.39 bits per heavy atom. The maximum absolute atomic E-state index is 13.6. The second-order valence-corrected chi connectivity index (χ2v) is 14.6. The Hall–Kier alpha value is -3.81. The summed E-state index contributed by atoms with van der Waals surface area (Å²) in [6.07, 6.45) is 2.27. The minimum atomic E-state index is -3.95. The molecule has 0 bridgehead atoms. The number of rotatable bonds is 9. The van der Waals surface area contributed by atoms with Crippen LogP contribution in [0.1, 0.15) is 64.0 Å². The molecule has 250 valence electrons. The van der Waals surface area contributed by atoms with Crippen molar-refractivity contribution in [3.63, 3.8) is 0 Å². The van der Waals surface area contributed by atoms with Crippen LogP contribution in [0.4, 0.5) is 10.5 Å². The van der Waals surface area contributed by atoms with Crippen LogP contribution in [0.3, 0.4) is 0 Å². The third-order valence-electron chi connectivity index (χ3n) is 7.95. The van der Waals surface area contributed by atoms with E-state index in [0.717, 1.165) is 23.3 Å². The van der Waals surface area contributed by atoms with E-state index in [9.17, 15) is 27.6 Å². The highest BCUT2D eigenvalue weighted by Crippen LogP contribution is 2.27. The molecule has 3 atom stereocenters. The Balaban J connectivity index is 1.56. The van der Waals surface area contributed by atoms with Gasteiger partial charge < -0.3 is 20.1 Å². The zero-order chi connectivity index (χ0) is 33.6. The molecule has 2 heterocycles. The van der Waals surface area contributed by atoms with E-state index in [0.29, 0.717) is 31.4 Å². The van der Waals surface area contributed by atoms with Gasteiger partial charge in [-0.2, -0.15) is 4.31 Å². The second kappa shape index (κ2) is 14.7. The van der Waals surface area contributed by atoms with E-state index in [2.05, 4.69) is 10.6 Å². The number of anilines is 1. The number of sulfonamides is 1. The topological polar surface area (TPSA) is 151 Å². The Bertz CT molecular complexity index is 1530. The van der Waals surface area contributed by atoms with Gasteiger partial charge in [-0.1, -0.05) is 36.2 Å². The normalized spacial score (nSPS) is 19.6. The number of amides is 3. The second-order valence-electron chi connectivity index (χ2n) is 12.7. The molecule has 0 radical (unpaired) electrons. The Morgan fingerprint density at radius 1 is 1.04 bits per heavy atom. The Kier molecular flexibility index (Phi) is 11.2. The van der Waals surface area contributed by atoms with E-state index in [1.54, 1.807) is 57.2 Å². The van der Waals surface area contributed by atoms with Crippen molar-refractivity contribution in [1.29, 1.82) is 0 Å². The summed E-state index contributed by atoms with van der Waals surface area (Å²) < 4.78 is 38.6. The average Bonchev–Trinajstić information content (AvgIpc) is 3.52. The molecule has 1 unspecified atom stereocenters. The van der Waals surface area contributed by atoms with E-state index in [-0.39, 0.29) is 23.5 Å². The molecule has 0 aliphatic carbocycles. The third-order valence-corrected chi connectivity index (χ3v) is 9.87. The van der Waals surface area contributed by atoms with Gasteiger partial charge in [0, 0.05) is 13.0 Å². The molecule has 13 heteroatoms. The molecule has 2 fully saturated rings. The first-order valence-electron chi connectivity index (χ1n) is 15.6. The molecule has 2 aromatic carbocycles. The lowest BCUT2D eigenvalue weighted by Crippen LogP contribution is -2.52. The highest BCUT2D eigenvalue weighted by molar-refractivity contribution is 7.89. The van der Waals surface area contributed by atoms with Gasteiger partial charge in [-0.05, 0) is 89.8 Å². The van der Waals surface area contributed by atoms with E-state index in [1.807, 2.05) is 6.92 Å². The molecule has 2 saturated heterocycles. The van der Waals surface area contributed by atoms with Crippen molar-refractivity contribution in [1.82, 2.24) is 14.9 Å². The number of benzene rings is 2. The van der Waals surface area contributed by atoms with Gasteiger partial charge in [0.15, 0.2) is 0 Å². The maximum Gasteiger partial charge on any atom is 0.421 e. The predicted octanol–water partition coefficient (Wildman–Crippen LogP) is 3.46. The van der Waals surface area contributed by atoms with Crippen molar-refractivity contribution in [2.45, 2.75) is 94.8 Å². The van der Waals surface area contributed by atoms with Crippen LogP contribution in [0.5, 0.6) is 0 Å². The first kappa shape index (κ1) is 35.1. The van der Waals surface area contributed by atoms with Crippen molar-refractivity contribution >= 4 is 39.6 Å². The van der Waals surface area contributed by atoms with E-state index < -0.39 is 57.6 Å². The van der Waals surface area contributed by atoms with Crippen molar-refractivity contribution < 1.29 is 37.1 Å². The van der Waals surface area contributed by atoms with E-state index in [1.165, 1.54) is 23.5 Å². The number of aryl methyl sites for hydroxylation is 1. The molecule has 2 aromatic rings. The number of esters is 1. The molecule has 2 N–H and O–H groups in total. The lowest BCUT2D eigenvalue weighted by atomic mass is 10.0. The van der Waals surface area contributed by atoms with Gasteiger partial charge in [0.25, 0.3) is 5.91 Å². The standard InChI is InChI=1S/C33H44N4O8S/c1-22-14-16-25(17-15-22)46(42,43)36-19-9-13-28(36)29(38)35-27(31(40)44-5)21-23-10-8-11-24(20-23)37(32(41)45-33(2,3)4)30(39)26-12-6-7-18-34-26/h8,10-11,14-17,20,26-28,34H,6-7,9,12-13,18-19,21H2,1-5H3,(H,35,38)/t26?,27-,28-/m0/s1. The molecule has 46 heavy (non-hydrogen) atoms. The fourth-order valence-corrected chi connectivity index (χ4v) is 7.30. The molecule has 12 nitrogen and oxygen atoms in total. The van der Waals surface area contributed by atoms with Gasteiger partial charge in [-0.25, -0.2) is 22.9 Å². The monoisotopic (exact) mass is 656 g/mol. The summed E-state index contributed by atoms with van der Waals surface area (Å²) in [6.45, 7) is 7.82. The first-order valence-corrected chi connectivity index (χ1v) is 17.0. The van der Waals surface area contributed by atoms with Crippen LogP contribution in [-0.2, 0) is 40.3 Å². The number of imide groups is 1. The van der Waals surface area contributed by atoms with Crippen LogP contribution in [-0.4, -0.2) is 80.5 Å². The highest BCUT2D eigenvalue weighted by Gasteiger charge is 2.41. The molecule has 0 aromatic heterocycles. The average molecular weight is 657 g/mol. The van der Waals surface area contributed by atoms with Gasteiger partial charge in [-0.15, -0.1) is 0 Å². The molecular weight excluding hydrogens is 612 g/mol. The Morgan fingerprint density at radius 2 is 1.76 bits per heavy atom. The van der Waals surface area contributed by atoms with Gasteiger partial charge in [-0.3, -0.25) is 9.59 Å². The van der Waals surface area contributed by atoms with Crippen LogP contribution in [0, 0.1) is 6.92 Å². The number of hydrogen-bond donors (Lipinski definition) is 2. The van der Waals surface area contributed by atoms with Gasteiger partial charge in [0.2, 0.25) is 15.9 Å². The Labute approximate surface area is 270 Å².